The normalized spacial score (nSPS) is 38.5. The number of fused-ring (bicyclic) bond motifs is 2. The van der Waals surface area contributed by atoms with Crippen molar-refractivity contribution in [1.29, 1.82) is 0 Å². The number of hydrogen-bond acceptors (Lipinski definition) is 1. The summed E-state index contributed by atoms with van der Waals surface area (Å²) in [6, 6.07) is 6.85. The van der Waals surface area contributed by atoms with Crippen molar-refractivity contribution in [2.24, 2.45) is 17.3 Å². The van der Waals surface area contributed by atoms with Crippen LogP contribution in [0, 0.1) is 17.3 Å². The standard InChI is InChI=1S/C25H24O/c26-23-8-7-21-19-12-18-14(11-20(19)23)3-1-4-16(18)17-5-2-6-22-24(17)15-9-10-25(21,22)13-15/h1,3-4,11-12,15,17,20H,2,5-10,13H2. The molecule has 6 aliphatic rings. The average molecular weight is 340 g/mol. The van der Waals surface area contributed by atoms with Crippen LogP contribution in [-0.2, 0) is 4.79 Å². The molecule has 1 saturated carbocycles. The number of rotatable bonds is 0. The van der Waals surface area contributed by atoms with E-state index in [1.165, 1.54) is 54.5 Å². The molecule has 0 aliphatic heterocycles. The van der Waals surface area contributed by atoms with Gasteiger partial charge in [-0.2, -0.15) is 0 Å². The maximum absolute atomic E-state index is 12.8. The van der Waals surface area contributed by atoms with Crippen molar-refractivity contribution >= 4 is 17.9 Å². The van der Waals surface area contributed by atoms with E-state index >= 15 is 0 Å². The summed E-state index contributed by atoms with van der Waals surface area (Å²) in [6.07, 6.45) is 14.6. The number of carbonyl (C=O) groups excluding carboxylic acids is 1. The van der Waals surface area contributed by atoms with Crippen molar-refractivity contribution in [2.75, 3.05) is 0 Å². The second-order valence-corrected chi connectivity index (χ2v) is 9.44. The van der Waals surface area contributed by atoms with Crippen LogP contribution in [0.2, 0.25) is 0 Å². The molecule has 1 spiro atoms. The number of allylic oxidation sites excluding steroid dienone is 4. The van der Waals surface area contributed by atoms with E-state index < -0.39 is 0 Å². The van der Waals surface area contributed by atoms with Gasteiger partial charge in [0.15, 0.2) is 0 Å². The third kappa shape index (κ3) is 1.46. The Kier molecular flexibility index (Phi) is 2.46. The molecule has 0 aromatic heterocycles. The van der Waals surface area contributed by atoms with Crippen LogP contribution in [0.1, 0.15) is 62.8 Å². The van der Waals surface area contributed by atoms with Crippen molar-refractivity contribution in [2.45, 2.75) is 57.3 Å². The molecule has 7 rings (SSSR count). The Balaban J connectivity index is 1.69. The molecular formula is C25H24O. The van der Waals surface area contributed by atoms with E-state index in [9.17, 15) is 4.79 Å². The largest absolute Gasteiger partial charge is 0.299 e. The fourth-order valence-electron chi connectivity index (χ4n) is 7.74. The van der Waals surface area contributed by atoms with Crippen molar-refractivity contribution in [3.05, 3.63) is 56.5 Å². The van der Waals surface area contributed by atoms with Gasteiger partial charge in [0.05, 0.1) is 5.92 Å². The van der Waals surface area contributed by atoms with E-state index in [1.807, 2.05) is 11.1 Å². The van der Waals surface area contributed by atoms with Crippen molar-refractivity contribution in [1.82, 2.24) is 0 Å². The van der Waals surface area contributed by atoms with E-state index in [4.69, 9.17) is 0 Å². The van der Waals surface area contributed by atoms with Crippen LogP contribution < -0.4 is 10.4 Å². The molecule has 1 fully saturated rings. The zero-order valence-electron chi connectivity index (χ0n) is 15.2. The Morgan fingerprint density at radius 2 is 2.00 bits per heavy atom. The van der Waals surface area contributed by atoms with Gasteiger partial charge in [-0.15, -0.1) is 0 Å². The zero-order chi connectivity index (χ0) is 17.0. The third-order valence-corrected chi connectivity index (χ3v) is 8.60. The lowest BCUT2D eigenvalue weighted by Crippen LogP contribution is -2.38. The van der Waals surface area contributed by atoms with E-state index in [-0.39, 0.29) is 5.92 Å². The molecular weight excluding hydrogens is 316 g/mol. The van der Waals surface area contributed by atoms with Crippen molar-refractivity contribution in [3.8, 4) is 0 Å². The van der Waals surface area contributed by atoms with Crippen LogP contribution in [0.5, 0.6) is 0 Å². The van der Waals surface area contributed by atoms with E-state index in [1.54, 1.807) is 11.1 Å². The Morgan fingerprint density at radius 3 is 2.96 bits per heavy atom. The fourth-order valence-corrected chi connectivity index (χ4v) is 7.74. The maximum Gasteiger partial charge on any atom is 0.144 e. The molecule has 4 atom stereocenters. The lowest BCUT2D eigenvalue weighted by atomic mass is 9.63. The Bertz CT molecular complexity index is 1080. The van der Waals surface area contributed by atoms with Gasteiger partial charge in [0.1, 0.15) is 5.78 Å². The van der Waals surface area contributed by atoms with Gasteiger partial charge in [0.2, 0.25) is 0 Å². The van der Waals surface area contributed by atoms with Crippen LogP contribution in [-0.4, -0.2) is 5.78 Å². The highest BCUT2D eigenvalue weighted by atomic mass is 16.1. The Labute approximate surface area is 154 Å². The fraction of sp³-hybridized carbons (Fsp3) is 0.480. The van der Waals surface area contributed by atoms with Crippen LogP contribution in [0.4, 0.5) is 0 Å². The number of benzene rings is 1. The van der Waals surface area contributed by atoms with Gasteiger partial charge < -0.3 is 0 Å². The highest BCUT2D eigenvalue weighted by Gasteiger charge is 2.56. The summed E-state index contributed by atoms with van der Waals surface area (Å²) in [5.41, 5.74) is 8.64. The SMILES string of the molecule is O=C1CCC2=C3C=c4c(cccc4=CC13)C1CCCC3=C1C1CCC23C1. The second kappa shape index (κ2) is 4.50. The minimum atomic E-state index is 0.0255. The summed E-state index contributed by atoms with van der Waals surface area (Å²) in [7, 11) is 0. The first kappa shape index (κ1) is 14.2. The predicted octanol–water partition coefficient (Wildman–Crippen LogP) is 3.91. The van der Waals surface area contributed by atoms with E-state index in [0.29, 0.717) is 17.1 Å². The lowest BCUT2D eigenvalue weighted by Gasteiger charge is -2.41. The van der Waals surface area contributed by atoms with Crippen LogP contribution in [0.3, 0.4) is 0 Å². The highest BCUT2D eigenvalue weighted by molar-refractivity contribution is 5.95. The summed E-state index contributed by atoms with van der Waals surface area (Å²) >= 11 is 0. The molecule has 0 amide bonds. The highest BCUT2D eigenvalue weighted by Crippen LogP contribution is 2.68. The van der Waals surface area contributed by atoms with Crippen LogP contribution in [0.25, 0.3) is 12.2 Å². The van der Waals surface area contributed by atoms with Gasteiger partial charge in [0.25, 0.3) is 0 Å². The monoisotopic (exact) mass is 340 g/mol. The summed E-state index contributed by atoms with van der Waals surface area (Å²) in [6.45, 7) is 0. The number of carbonyl (C=O) groups is 1. The molecule has 0 N–H and O–H groups in total. The van der Waals surface area contributed by atoms with Gasteiger partial charge >= 0.3 is 0 Å². The average Bonchev–Trinajstić information content (AvgIpc) is 3.24. The van der Waals surface area contributed by atoms with E-state index in [2.05, 4.69) is 30.4 Å². The second-order valence-electron chi connectivity index (χ2n) is 9.44. The Morgan fingerprint density at radius 1 is 1.04 bits per heavy atom. The molecule has 26 heavy (non-hydrogen) atoms. The summed E-state index contributed by atoms with van der Waals surface area (Å²) in [5.74, 6) is 1.92. The van der Waals surface area contributed by atoms with Crippen LogP contribution in [0.15, 0.2) is 40.5 Å². The molecule has 130 valence electrons. The van der Waals surface area contributed by atoms with Crippen molar-refractivity contribution < 1.29 is 4.79 Å². The summed E-state index contributed by atoms with van der Waals surface area (Å²) < 4.78 is 0. The van der Waals surface area contributed by atoms with Gasteiger partial charge in [-0.05, 0) is 78.5 Å². The molecule has 4 unspecified atom stereocenters. The molecule has 0 radical (unpaired) electrons. The zero-order valence-corrected chi connectivity index (χ0v) is 15.2. The van der Waals surface area contributed by atoms with Crippen LogP contribution >= 0.6 is 0 Å². The first-order valence-electron chi connectivity index (χ1n) is 10.6. The smallest absolute Gasteiger partial charge is 0.144 e. The molecule has 1 aromatic rings. The van der Waals surface area contributed by atoms with Gasteiger partial charge in [-0.25, -0.2) is 0 Å². The number of hydrogen-bond donors (Lipinski definition) is 0. The van der Waals surface area contributed by atoms with E-state index in [0.717, 1.165) is 18.8 Å². The lowest BCUT2D eigenvalue weighted by molar-refractivity contribution is -0.120. The molecule has 0 heterocycles. The molecule has 6 aliphatic carbocycles. The van der Waals surface area contributed by atoms with Gasteiger partial charge in [-0.1, -0.05) is 41.0 Å². The molecule has 1 aromatic carbocycles. The molecule has 0 saturated heterocycles. The first-order chi connectivity index (χ1) is 12.8. The Hall–Kier alpha value is -1.89. The molecule has 1 heteroatoms. The maximum atomic E-state index is 12.8. The number of ketones is 1. The molecule has 7 bridgehead atoms. The quantitative estimate of drug-likeness (QED) is 0.654. The topological polar surface area (TPSA) is 17.1 Å². The number of Topliss-reactive ketones (excluding diaryl/α,β-unsaturated/α-hetero) is 1. The minimum Gasteiger partial charge on any atom is -0.299 e. The van der Waals surface area contributed by atoms with Gasteiger partial charge in [0, 0.05) is 17.8 Å². The first-order valence-corrected chi connectivity index (χ1v) is 10.6. The predicted molar refractivity (Wildman–Crippen MR) is 103 cm³/mol. The third-order valence-electron chi connectivity index (χ3n) is 8.60. The van der Waals surface area contributed by atoms with Gasteiger partial charge in [-0.3, -0.25) is 4.79 Å². The summed E-state index contributed by atoms with van der Waals surface area (Å²) in [4.78, 5) is 12.8. The minimum absolute atomic E-state index is 0.0255. The van der Waals surface area contributed by atoms with Crippen molar-refractivity contribution in [3.63, 3.8) is 0 Å². The molecule has 1 nitrogen and oxygen atoms in total. The summed E-state index contributed by atoms with van der Waals surface area (Å²) in [5, 5.41) is 2.74.